The third kappa shape index (κ3) is 5.55. The van der Waals surface area contributed by atoms with Crippen LogP contribution in [0.5, 0.6) is 5.75 Å². The molecule has 10 heteroatoms. The van der Waals surface area contributed by atoms with Crippen molar-refractivity contribution in [2.45, 2.75) is 6.42 Å². The van der Waals surface area contributed by atoms with E-state index in [1.165, 1.54) is 19.2 Å². The maximum absolute atomic E-state index is 14.8. The zero-order valence-electron chi connectivity index (χ0n) is 20.0. The third-order valence-corrected chi connectivity index (χ3v) is 6.16. The van der Waals surface area contributed by atoms with Crippen molar-refractivity contribution < 1.29 is 28.9 Å². The second-order valence-corrected chi connectivity index (χ2v) is 8.59. The monoisotopic (exact) mass is 494 g/mol. The first-order valence-corrected chi connectivity index (χ1v) is 11.4. The van der Waals surface area contributed by atoms with Gasteiger partial charge < -0.3 is 30.1 Å². The number of likely N-dealkylation sites (N-methyl/N-ethyl adjacent to an activating group) is 1. The van der Waals surface area contributed by atoms with E-state index in [1.54, 1.807) is 6.07 Å². The number of aromatic nitrogens is 1. The van der Waals surface area contributed by atoms with Gasteiger partial charge in [0.05, 0.1) is 18.7 Å². The van der Waals surface area contributed by atoms with Crippen LogP contribution >= 0.6 is 0 Å². The molecule has 0 radical (unpaired) electrons. The Morgan fingerprint density at radius 3 is 2.56 bits per heavy atom. The molecule has 0 atom stereocenters. The van der Waals surface area contributed by atoms with Crippen LogP contribution in [0.15, 0.2) is 54.2 Å². The Balaban J connectivity index is 1.81. The minimum absolute atomic E-state index is 0.0415. The number of carbonyl (C=O) groups is 2. The zero-order valence-corrected chi connectivity index (χ0v) is 20.0. The lowest BCUT2D eigenvalue weighted by molar-refractivity contribution is -0.134. The number of methoxy groups -OCH3 is 1. The molecular formula is C26H27FN4O5. The average molecular weight is 495 g/mol. The molecule has 1 aliphatic rings. The van der Waals surface area contributed by atoms with E-state index in [4.69, 9.17) is 9.84 Å². The first kappa shape index (κ1) is 24.9. The van der Waals surface area contributed by atoms with Gasteiger partial charge in [0.15, 0.2) is 0 Å². The van der Waals surface area contributed by atoms with Gasteiger partial charge in [-0.25, -0.2) is 19.0 Å². The van der Waals surface area contributed by atoms with Crippen LogP contribution in [-0.2, 0) is 16.0 Å². The number of ether oxygens (including phenoxy) is 1. The van der Waals surface area contributed by atoms with Crippen molar-refractivity contribution in [2.24, 2.45) is 0 Å². The fraction of sp³-hybridized carbons (Fsp3) is 0.269. The molecule has 2 heterocycles. The standard InChI is InChI=1S/C26H27FN4O5/c1-30-8-10-31(11-9-30)18-6-7-21-16(13-18)12-17(14-19-20(27)4-3-5-23(19)36-2)25(28-21)29-22(26(34)35)15-24(32)33/h3-7,12-13,15H,8-11,14H2,1-2H3,(H,28,29)(H,32,33)(H,34,35)/b22-15-. The van der Waals surface area contributed by atoms with Crippen molar-refractivity contribution in [3.05, 3.63) is 71.2 Å². The van der Waals surface area contributed by atoms with Crippen LogP contribution in [0.2, 0.25) is 0 Å². The van der Waals surface area contributed by atoms with E-state index in [2.05, 4.69) is 27.1 Å². The van der Waals surface area contributed by atoms with Crippen LogP contribution in [0.3, 0.4) is 0 Å². The molecule has 4 rings (SSSR count). The first-order valence-electron chi connectivity index (χ1n) is 11.4. The van der Waals surface area contributed by atoms with Crippen molar-refractivity contribution in [2.75, 3.05) is 50.6 Å². The summed E-state index contributed by atoms with van der Waals surface area (Å²) in [4.78, 5) is 31.9. The molecule has 0 bridgehead atoms. The fourth-order valence-electron chi connectivity index (χ4n) is 4.21. The van der Waals surface area contributed by atoms with Crippen LogP contribution < -0.4 is 15.0 Å². The quantitative estimate of drug-likeness (QED) is 0.406. The Morgan fingerprint density at radius 2 is 1.89 bits per heavy atom. The van der Waals surface area contributed by atoms with Crippen LogP contribution in [-0.4, -0.2) is 72.4 Å². The van der Waals surface area contributed by atoms with Crippen LogP contribution in [0.25, 0.3) is 10.9 Å². The van der Waals surface area contributed by atoms with Gasteiger partial charge in [-0.2, -0.15) is 0 Å². The Hall–Kier alpha value is -4.18. The number of aliphatic carboxylic acids is 2. The predicted octanol–water partition coefficient (Wildman–Crippen LogP) is 3.19. The molecule has 0 spiro atoms. The molecule has 36 heavy (non-hydrogen) atoms. The van der Waals surface area contributed by atoms with Crippen molar-refractivity contribution in [1.29, 1.82) is 0 Å². The summed E-state index contributed by atoms with van der Waals surface area (Å²) in [6.45, 7) is 3.67. The number of halogens is 1. The van der Waals surface area contributed by atoms with Crippen LogP contribution in [0, 0.1) is 5.82 Å². The van der Waals surface area contributed by atoms with Crippen LogP contribution in [0.1, 0.15) is 11.1 Å². The molecule has 3 aromatic rings. The normalized spacial score (nSPS) is 14.6. The smallest absolute Gasteiger partial charge is 0.352 e. The molecule has 1 saturated heterocycles. The largest absolute Gasteiger partial charge is 0.496 e. The molecule has 3 N–H and O–H groups in total. The Kier molecular flexibility index (Phi) is 7.35. The van der Waals surface area contributed by atoms with Crippen molar-refractivity contribution in [3.63, 3.8) is 0 Å². The Morgan fingerprint density at radius 1 is 1.14 bits per heavy atom. The minimum Gasteiger partial charge on any atom is -0.496 e. The summed E-state index contributed by atoms with van der Waals surface area (Å²) in [5.74, 6) is -2.90. The average Bonchev–Trinajstić information content (AvgIpc) is 2.85. The number of fused-ring (bicyclic) bond motifs is 1. The number of rotatable bonds is 8. The van der Waals surface area contributed by atoms with E-state index >= 15 is 0 Å². The third-order valence-electron chi connectivity index (χ3n) is 6.16. The summed E-state index contributed by atoms with van der Waals surface area (Å²) in [6, 6.07) is 12.1. The number of nitrogens with zero attached hydrogens (tertiary/aromatic N) is 3. The molecule has 0 saturated carbocycles. The zero-order chi connectivity index (χ0) is 25.8. The molecule has 0 aliphatic carbocycles. The molecule has 0 unspecified atom stereocenters. The van der Waals surface area contributed by atoms with Crippen molar-refractivity contribution >= 4 is 34.3 Å². The number of carboxylic acids is 2. The lowest BCUT2D eigenvalue weighted by Gasteiger charge is -2.34. The number of carboxylic acid groups (broad SMARTS) is 2. The van der Waals surface area contributed by atoms with Gasteiger partial charge in [0.25, 0.3) is 0 Å². The number of hydrogen-bond donors (Lipinski definition) is 3. The van der Waals surface area contributed by atoms with Gasteiger partial charge >= 0.3 is 11.9 Å². The second-order valence-electron chi connectivity index (χ2n) is 8.59. The predicted molar refractivity (Wildman–Crippen MR) is 134 cm³/mol. The molecule has 1 fully saturated rings. The molecule has 2 aromatic carbocycles. The lowest BCUT2D eigenvalue weighted by atomic mass is 10.0. The highest BCUT2D eigenvalue weighted by Gasteiger charge is 2.19. The first-order chi connectivity index (χ1) is 17.2. The summed E-state index contributed by atoms with van der Waals surface area (Å²) in [5.41, 5.74) is 1.81. The maximum atomic E-state index is 14.8. The number of piperazine rings is 1. The lowest BCUT2D eigenvalue weighted by Crippen LogP contribution is -2.44. The van der Waals surface area contributed by atoms with Gasteiger partial charge in [0, 0.05) is 54.8 Å². The van der Waals surface area contributed by atoms with Gasteiger partial charge in [-0.05, 0) is 43.4 Å². The van der Waals surface area contributed by atoms with E-state index < -0.39 is 23.5 Å². The van der Waals surface area contributed by atoms with Gasteiger partial charge in [-0.1, -0.05) is 6.07 Å². The van der Waals surface area contributed by atoms with E-state index in [1.807, 2.05) is 24.3 Å². The summed E-state index contributed by atoms with van der Waals surface area (Å²) >= 11 is 0. The second kappa shape index (κ2) is 10.6. The summed E-state index contributed by atoms with van der Waals surface area (Å²) in [6.07, 6.45) is 0.595. The van der Waals surface area contributed by atoms with Gasteiger partial charge in [-0.15, -0.1) is 0 Å². The van der Waals surface area contributed by atoms with Crippen molar-refractivity contribution in [1.82, 2.24) is 9.88 Å². The summed E-state index contributed by atoms with van der Waals surface area (Å²) < 4.78 is 20.1. The topological polar surface area (TPSA) is 115 Å². The molecular weight excluding hydrogens is 467 g/mol. The number of anilines is 2. The van der Waals surface area contributed by atoms with E-state index in [-0.39, 0.29) is 17.8 Å². The van der Waals surface area contributed by atoms with Crippen molar-refractivity contribution in [3.8, 4) is 5.75 Å². The van der Waals surface area contributed by atoms with Gasteiger partial charge in [0.2, 0.25) is 0 Å². The number of pyridine rings is 1. The minimum atomic E-state index is -1.46. The highest BCUT2D eigenvalue weighted by molar-refractivity contribution is 5.97. The Labute approximate surface area is 207 Å². The van der Waals surface area contributed by atoms with E-state index in [0.717, 1.165) is 37.3 Å². The molecule has 1 aromatic heterocycles. The molecule has 0 amide bonds. The highest BCUT2D eigenvalue weighted by Crippen LogP contribution is 2.31. The SMILES string of the molecule is COc1cccc(F)c1Cc1cc2cc(N3CCN(C)CC3)ccc2nc1N/C(=C\C(=O)O)C(=O)O. The number of nitrogens with one attached hydrogen (secondary N) is 1. The molecule has 9 nitrogen and oxygen atoms in total. The Bertz CT molecular complexity index is 1340. The molecule has 1 aliphatic heterocycles. The van der Waals surface area contributed by atoms with Gasteiger partial charge in [0.1, 0.15) is 23.1 Å². The van der Waals surface area contributed by atoms with E-state index in [0.29, 0.717) is 22.9 Å². The molecule has 188 valence electrons. The van der Waals surface area contributed by atoms with Gasteiger partial charge in [-0.3, -0.25) is 0 Å². The summed E-state index contributed by atoms with van der Waals surface area (Å²) in [7, 11) is 3.53. The number of benzene rings is 2. The highest BCUT2D eigenvalue weighted by atomic mass is 19.1. The van der Waals surface area contributed by atoms with Crippen LogP contribution in [0.4, 0.5) is 15.9 Å². The fourth-order valence-corrected chi connectivity index (χ4v) is 4.21. The summed E-state index contributed by atoms with van der Waals surface area (Å²) in [5, 5.41) is 22.0. The number of hydrogen-bond acceptors (Lipinski definition) is 7. The maximum Gasteiger partial charge on any atom is 0.352 e. The van der Waals surface area contributed by atoms with E-state index in [9.17, 15) is 19.1 Å².